The van der Waals surface area contributed by atoms with Gasteiger partial charge in [-0.2, -0.15) is 0 Å². The van der Waals surface area contributed by atoms with Crippen LogP contribution in [0.5, 0.6) is 0 Å². The maximum Gasteiger partial charge on any atom is 0.411 e. The molecular formula is C19H29NO4. The maximum absolute atomic E-state index is 12.8. The largest absolute Gasteiger partial charge is 0.479 e. The number of carboxylic acids is 1. The molecule has 1 aliphatic heterocycles. The first-order valence-electron chi connectivity index (χ1n) is 9.48. The molecule has 1 saturated heterocycles. The van der Waals surface area contributed by atoms with E-state index in [2.05, 4.69) is 0 Å². The van der Waals surface area contributed by atoms with E-state index in [-0.39, 0.29) is 12.0 Å². The molecular weight excluding hydrogens is 306 g/mol. The molecule has 1 heterocycles. The lowest BCUT2D eigenvalue weighted by Gasteiger charge is -2.40. The van der Waals surface area contributed by atoms with Crippen molar-refractivity contribution in [3.63, 3.8) is 0 Å². The third kappa shape index (κ3) is 2.51. The van der Waals surface area contributed by atoms with Gasteiger partial charge in [-0.05, 0) is 64.2 Å². The quantitative estimate of drug-likeness (QED) is 0.854. The number of likely N-dealkylation sites (tertiary alicyclic amines) is 1. The molecule has 134 valence electrons. The number of carbonyl (C=O) groups is 2. The van der Waals surface area contributed by atoms with E-state index in [4.69, 9.17) is 4.74 Å². The van der Waals surface area contributed by atoms with E-state index in [1.54, 1.807) is 4.90 Å². The molecule has 0 aromatic rings. The molecule has 5 unspecified atom stereocenters. The molecule has 0 aromatic heterocycles. The summed E-state index contributed by atoms with van der Waals surface area (Å²) in [5, 5.41) is 9.85. The summed E-state index contributed by atoms with van der Waals surface area (Å²) in [7, 11) is 0. The molecule has 0 radical (unpaired) electrons. The normalized spacial score (nSPS) is 40.7. The van der Waals surface area contributed by atoms with Crippen LogP contribution in [0.3, 0.4) is 0 Å². The van der Waals surface area contributed by atoms with E-state index in [1.807, 2.05) is 20.8 Å². The van der Waals surface area contributed by atoms with Crippen molar-refractivity contribution < 1.29 is 19.4 Å². The minimum absolute atomic E-state index is 0.0622. The van der Waals surface area contributed by atoms with Crippen molar-refractivity contribution in [3.05, 3.63) is 0 Å². The van der Waals surface area contributed by atoms with Crippen LogP contribution >= 0.6 is 0 Å². The second kappa shape index (κ2) is 5.12. The van der Waals surface area contributed by atoms with Gasteiger partial charge in [-0.25, -0.2) is 9.59 Å². The van der Waals surface area contributed by atoms with E-state index in [9.17, 15) is 14.7 Å². The third-order valence-corrected chi connectivity index (χ3v) is 6.56. The minimum Gasteiger partial charge on any atom is -0.479 e. The summed E-state index contributed by atoms with van der Waals surface area (Å²) in [4.78, 5) is 26.5. The predicted octanol–water partition coefficient (Wildman–Crippen LogP) is 3.67. The average Bonchev–Trinajstić information content (AvgIpc) is 3.35. The fourth-order valence-corrected chi connectivity index (χ4v) is 5.37. The Morgan fingerprint density at radius 2 is 1.83 bits per heavy atom. The summed E-state index contributed by atoms with van der Waals surface area (Å²) in [6, 6.07) is 0.0622. The van der Waals surface area contributed by atoms with E-state index in [0.29, 0.717) is 18.3 Å². The number of piperidine rings is 1. The number of nitrogens with zero attached hydrogens (tertiary/aromatic N) is 1. The van der Waals surface area contributed by atoms with Gasteiger partial charge in [0.15, 0.2) is 0 Å². The first-order valence-corrected chi connectivity index (χ1v) is 9.48. The van der Waals surface area contributed by atoms with Gasteiger partial charge >= 0.3 is 12.1 Å². The highest BCUT2D eigenvalue weighted by atomic mass is 16.6. The number of rotatable bonds is 3. The summed E-state index contributed by atoms with van der Waals surface area (Å²) in [5.74, 6) is 1.17. The Morgan fingerprint density at radius 1 is 1.17 bits per heavy atom. The number of amides is 1. The second-order valence-electron chi connectivity index (χ2n) is 9.48. The van der Waals surface area contributed by atoms with Crippen LogP contribution in [0.2, 0.25) is 0 Å². The summed E-state index contributed by atoms with van der Waals surface area (Å²) >= 11 is 0. The number of aliphatic carboxylic acids is 1. The van der Waals surface area contributed by atoms with E-state index in [0.717, 1.165) is 18.8 Å². The zero-order valence-corrected chi connectivity index (χ0v) is 15.0. The molecule has 3 saturated carbocycles. The highest BCUT2D eigenvalue weighted by molar-refractivity contribution is 5.90. The van der Waals surface area contributed by atoms with E-state index < -0.39 is 23.2 Å². The topological polar surface area (TPSA) is 66.8 Å². The molecule has 5 heteroatoms. The monoisotopic (exact) mass is 335 g/mol. The lowest BCUT2D eigenvalue weighted by Crippen LogP contribution is -2.53. The number of ether oxygens (including phenoxy) is 1. The smallest absolute Gasteiger partial charge is 0.411 e. The van der Waals surface area contributed by atoms with Gasteiger partial charge < -0.3 is 9.84 Å². The molecule has 1 N–H and O–H groups in total. The highest BCUT2D eigenvalue weighted by Gasteiger charge is 2.76. The van der Waals surface area contributed by atoms with Crippen molar-refractivity contribution in [1.82, 2.24) is 4.90 Å². The Balaban J connectivity index is 1.57. The summed E-state index contributed by atoms with van der Waals surface area (Å²) in [5.41, 5.74) is -1.58. The Bertz CT molecular complexity index is 564. The highest BCUT2D eigenvalue weighted by Crippen LogP contribution is 2.65. The minimum atomic E-state index is -0.980. The van der Waals surface area contributed by atoms with Crippen molar-refractivity contribution in [2.45, 2.75) is 82.9 Å². The first kappa shape index (κ1) is 16.2. The van der Waals surface area contributed by atoms with Gasteiger partial charge in [0.2, 0.25) is 0 Å². The predicted molar refractivity (Wildman–Crippen MR) is 88.5 cm³/mol. The van der Waals surface area contributed by atoms with Gasteiger partial charge in [-0.3, -0.25) is 4.90 Å². The van der Waals surface area contributed by atoms with Gasteiger partial charge in [0, 0.05) is 12.0 Å². The Morgan fingerprint density at radius 3 is 2.42 bits per heavy atom. The molecule has 0 bridgehead atoms. The molecule has 5 atom stereocenters. The second-order valence-corrected chi connectivity index (χ2v) is 9.48. The summed E-state index contributed by atoms with van der Waals surface area (Å²) in [6.45, 7) is 5.52. The van der Waals surface area contributed by atoms with Crippen LogP contribution in [0, 0.1) is 23.7 Å². The fourth-order valence-electron chi connectivity index (χ4n) is 5.37. The van der Waals surface area contributed by atoms with Gasteiger partial charge in [-0.15, -0.1) is 0 Å². The average molecular weight is 335 g/mol. The van der Waals surface area contributed by atoms with Crippen molar-refractivity contribution in [1.29, 1.82) is 0 Å². The number of carboxylic acid groups (broad SMARTS) is 1. The lowest BCUT2D eigenvalue weighted by atomic mass is 9.75. The van der Waals surface area contributed by atoms with Crippen LogP contribution in [-0.4, -0.2) is 39.3 Å². The van der Waals surface area contributed by atoms with Gasteiger partial charge in [-0.1, -0.05) is 19.3 Å². The molecule has 4 rings (SSSR count). The summed E-state index contributed by atoms with van der Waals surface area (Å²) < 4.78 is 5.60. The van der Waals surface area contributed by atoms with Gasteiger partial charge in [0.1, 0.15) is 11.1 Å². The van der Waals surface area contributed by atoms with Crippen LogP contribution in [0.1, 0.15) is 65.7 Å². The van der Waals surface area contributed by atoms with Gasteiger partial charge in [0.05, 0.1) is 0 Å². The Kier molecular flexibility index (Phi) is 3.46. The van der Waals surface area contributed by atoms with Crippen molar-refractivity contribution in [2.75, 3.05) is 0 Å². The molecule has 4 fully saturated rings. The van der Waals surface area contributed by atoms with Crippen LogP contribution in [0.4, 0.5) is 4.79 Å². The molecule has 0 aromatic carbocycles. The molecule has 4 aliphatic rings. The van der Waals surface area contributed by atoms with Crippen molar-refractivity contribution >= 4 is 12.1 Å². The molecule has 3 aliphatic carbocycles. The van der Waals surface area contributed by atoms with Crippen LogP contribution in [0.25, 0.3) is 0 Å². The van der Waals surface area contributed by atoms with E-state index in [1.165, 1.54) is 25.7 Å². The molecule has 1 amide bonds. The van der Waals surface area contributed by atoms with Gasteiger partial charge in [0.25, 0.3) is 0 Å². The Labute approximate surface area is 143 Å². The SMILES string of the molecule is CC(C)(C)OC(=O)N1C2CC(CC3CC3)CCC2C2CC21C(=O)O. The van der Waals surface area contributed by atoms with Crippen LogP contribution in [-0.2, 0) is 9.53 Å². The molecule has 5 nitrogen and oxygen atoms in total. The number of fused-ring (bicyclic) bond motifs is 3. The number of carbonyl (C=O) groups excluding carboxylic acids is 1. The zero-order valence-electron chi connectivity index (χ0n) is 15.0. The summed E-state index contributed by atoms with van der Waals surface area (Å²) in [6.07, 6.45) is 7.38. The van der Waals surface area contributed by atoms with Crippen LogP contribution < -0.4 is 0 Å². The number of hydrogen-bond acceptors (Lipinski definition) is 3. The van der Waals surface area contributed by atoms with E-state index >= 15 is 0 Å². The Hall–Kier alpha value is -1.26. The first-order chi connectivity index (χ1) is 11.2. The third-order valence-electron chi connectivity index (χ3n) is 6.56. The lowest BCUT2D eigenvalue weighted by molar-refractivity contribution is -0.145. The van der Waals surface area contributed by atoms with Crippen molar-refractivity contribution in [3.8, 4) is 0 Å². The number of hydrogen-bond donors (Lipinski definition) is 1. The van der Waals surface area contributed by atoms with Crippen LogP contribution in [0.15, 0.2) is 0 Å². The fraction of sp³-hybridized carbons (Fsp3) is 0.895. The van der Waals surface area contributed by atoms with Crippen molar-refractivity contribution in [2.24, 2.45) is 23.7 Å². The standard InChI is InChI=1S/C19H29NO4/c1-18(2,3)24-17(23)20-15-9-12(8-11-4-5-11)6-7-13(15)14-10-19(14,20)16(21)22/h11-15H,4-10H2,1-3H3,(H,21,22). The maximum atomic E-state index is 12.8. The molecule has 24 heavy (non-hydrogen) atoms. The molecule has 0 spiro atoms. The zero-order chi connectivity index (χ0) is 17.3.